The molecule has 4 nitrogen and oxygen atoms in total. The molecule has 0 saturated carbocycles. The number of amides is 1. The number of carbonyl (C=O) groups is 1. The maximum Gasteiger partial charge on any atom is 0.252 e. The van der Waals surface area contributed by atoms with Crippen LogP contribution in [0.2, 0.25) is 10.0 Å². The third kappa shape index (κ3) is 4.14. The van der Waals surface area contributed by atoms with E-state index in [9.17, 15) is 4.79 Å². The molecule has 0 aliphatic carbocycles. The van der Waals surface area contributed by atoms with Crippen molar-refractivity contribution in [2.24, 2.45) is 0 Å². The van der Waals surface area contributed by atoms with Crippen LogP contribution in [0.5, 0.6) is 0 Å². The van der Waals surface area contributed by atoms with Gasteiger partial charge < -0.3 is 10.6 Å². The Balaban J connectivity index is 1.87. The Hall–Kier alpha value is -2.22. The number of halogens is 2. The zero-order valence-corrected chi connectivity index (χ0v) is 13.1. The van der Waals surface area contributed by atoms with Crippen molar-refractivity contribution >= 4 is 34.8 Å². The molecule has 112 valence electrons. The summed E-state index contributed by atoms with van der Waals surface area (Å²) in [5.41, 5.74) is 1.58. The molecule has 22 heavy (non-hydrogen) atoms. The number of nitrogens with zero attached hydrogens (tertiary/aromatic N) is 1. The van der Waals surface area contributed by atoms with Crippen LogP contribution in [0.3, 0.4) is 0 Å². The van der Waals surface area contributed by atoms with Crippen LogP contribution in [-0.2, 0) is 0 Å². The van der Waals surface area contributed by atoms with Crippen molar-refractivity contribution in [1.29, 1.82) is 5.26 Å². The largest absolute Gasteiger partial charge is 0.382 e. The SMILES string of the molecule is N#Cc1cc(Cl)ccc1NCCNC(=O)c1ccccc1Cl. The number of benzene rings is 2. The van der Waals surface area contributed by atoms with Gasteiger partial charge in [-0.05, 0) is 30.3 Å². The molecule has 0 atom stereocenters. The Bertz CT molecular complexity index is 726. The number of hydrogen-bond acceptors (Lipinski definition) is 3. The summed E-state index contributed by atoms with van der Waals surface area (Å²) in [5.74, 6) is -0.232. The van der Waals surface area contributed by atoms with Crippen molar-refractivity contribution < 1.29 is 4.79 Å². The first-order chi connectivity index (χ1) is 10.6. The number of nitriles is 1. The van der Waals surface area contributed by atoms with Crippen LogP contribution in [0.4, 0.5) is 5.69 Å². The second-order valence-electron chi connectivity index (χ2n) is 4.46. The maximum absolute atomic E-state index is 12.0. The standard InChI is InChI=1S/C16H13Cl2N3O/c17-12-5-6-15(11(9-12)10-19)20-7-8-21-16(22)13-3-1-2-4-14(13)18/h1-6,9,20H,7-8H2,(H,21,22). The molecule has 0 aliphatic rings. The molecule has 0 unspecified atom stereocenters. The maximum atomic E-state index is 12.0. The fourth-order valence-electron chi connectivity index (χ4n) is 1.88. The third-order valence-corrected chi connectivity index (χ3v) is 3.51. The molecule has 2 aromatic rings. The van der Waals surface area contributed by atoms with Gasteiger partial charge in [0.05, 0.1) is 21.8 Å². The molecule has 0 aliphatic heterocycles. The highest BCUT2D eigenvalue weighted by Gasteiger charge is 2.08. The minimum Gasteiger partial charge on any atom is -0.382 e. The van der Waals surface area contributed by atoms with E-state index in [2.05, 4.69) is 16.7 Å². The normalized spacial score (nSPS) is 9.86. The molecule has 0 saturated heterocycles. The summed E-state index contributed by atoms with van der Waals surface area (Å²) in [4.78, 5) is 12.0. The molecule has 0 heterocycles. The van der Waals surface area contributed by atoms with Crippen molar-refractivity contribution in [3.05, 3.63) is 63.6 Å². The Morgan fingerprint density at radius 1 is 1.14 bits per heavy atom. The Kier molecular flexibility index (Phi) is 5.65. The van der Waals surface area contributed by atoms with Crippen LogP contribution >= 0.6 is 23.2 Å². The molecule has 1 amide bonds. The minimum absolute atomic E-state index is 0.232. The van der Waals surface area contributed by atoms with Gasteiger partial charge in [-0.3, -0.25) is 4.79 Å². The lowest BCUT2D eigenvalue weighted by atomic mass is 10.2. The quantitative estimate of drug-likeness (QED) is 0.820. The number of rotatable bonds is 5. The van der Waals surface area contributed by atoms with E-state index < -0.39 is 0 Å². The topological polar surface area (TPSA) is 64.9 Å². The summed E-state index contributed by atoms with van der Waals surface area (Å²) in [6.07, 6.45) is 0. The van der Waals surface area contributed by atoms with E-state index in [4.69, 9.17) is 28.5 Å². The summed E-state index contributed by atoms with van der Waals surface area (Å²) in [7, 11) is 0. The van der Waals surface area contributed by atoms with E-state index in [1.165, 1.54) is 0 Å². The first-order valence-corrected chi connectivity index (χ1v) is 7.33. The van der Waals surface area contributed by atoms with E-state index in [1.54, 1.807) is 42.5 Å². The second kappa shape index (κ2) is 7.69. The molecule has 2 aromatic carbocycles. The van der Waals surface area contributed by atoms with Gasteiger partial charge in [0.1, 0.15) is 6.07 Å². The summed E-state index contributed by atoms with van der Waals surface area (Å²) >= 11 is 11.8. The van der Waals surface area contributed by atoms with Gasteiger partial charge in [0, 0.05) is 18.1 Å². The van der Waals surface area contributed by atoms with Crippen molar-refractivity contribution in [2.75, 3.05) is 18.4 Å². The zero-order chi connectivity index (χ0) is 15.9. The van der Waals surface area contributed by atoms with E-state index >= 15 is 0 Å². The summed E-state index contributed by atoms with van der Waals surface area (Å²) < 4.78 is 0. The van der Waals surface area contributed by atoms with Crippen LogP contribution in [0.15, 0.2) is 42.5 Å². The van der Waals surface area contributed by atoms with Crippen molar-refractivity contribution in [2.45, 2.75) is 0 Å². The highest BCUT2D eigenvalue weighted by atomic mass is 35.5. The van der Waals surface area contributed by atoms with Gasteiger partial charge in [0.25, 0.3) is 5.91 Å². The number of hydrogen-bond donors (Lipinski definition) is 2. The van der Waals surface area contributed by atoms with E-state index in [1.807, 2.05) is 0 Å². The van der Waals surface area contributed by atoms with Crippen LogP contribution in [0.1, 0.15) is 15.9 Å². The molecular weight excluding hydrogens is 321 g/mol. The fraction of sp³-hybridized carbons (Fsp3) is 0.125. The highest BCUT2D eigenvalue weighted by Crippen LogP contribution is 2.19. The van der Waals surface area contributed by atoms with Gasteiger partial charge in [-0.2, -0.15) is 5.26 Å². The molecular formula is C16H13Cl2N3O. The first kappa shape index (κ1) is 16.2. The molecule has 0 spiro atoms. The van der Waals surface area contributed by atoms with E-state index in [0.717, 1.165) is 0 Å². The van der Waals surface area contributed by atoms with Crippen LogP contribution < -0.4 is 10.6 Å². The summed E-state index contributed by atoms with van der Waals surface area (Å²) in [6, 6.07) is 13.9. The summed E-state index contributed by atoms with van der Waals surface area (Å²) in [6.45, 7) is 0.879. The molecule has 0 fully saturated rings. The van der Waals surface area contributed by atoms with Crippen molar-refractivity contribution in [3.63, 3.8) is 0 Å². The second-order valence-corrected chi connectivity index (χ2v) is 5.31. The molecule has 0 aromatic heterocycles. The highest BCUT2D eigenvalue weighted by molar-refractivity contribution is 6.33. The molecule has 6 heteroatoms. The van der Waals surface area contributed by atoms with E-state index in [-0.39, 0.29) is 5.91 Å². The molecule has 2 rings (SSSR count). The van der Waals surface area contributed by atoms with Gasteiger partial charge in [-0.1, -0.05) is 35.3 Å². The van der Waals surface area contributed by atoms with E-state index in [0.29, 0.717) is 39.9 Å². The fourth-order valence-corrected chi connectivity index (χ4v) is 2.27. The smallest absolute Gasteiger partial charge is 0.252 e. The number of anilines is 1. The number of carbonyl (C=O) groups excluding carboxylic acids is 1. The molecule has 0 bridgehead atoms. The average Bonchev–Trinajstić information content (AvgIpc) is 2.52. The number of nitrogens with one attached hydrogen (secondary N) is 2. The molecule has 0 radical (unpaired) electrons. The Morgan fingerprint density at radius 3 is 2.64 bits per heavy atom. The molecule has 2 N–H and O–H groups in total. The van der Waals surface area contributed by atoms with Crippen LogP contribution in [0, 0.1) is 11.3 Å². The third-order valence-electron chi connectivity index (χ3n) is 2.95. The van der Waals surface area contributed by atoms with Gasteiger partial charge in [0.2, 0.25) is 0 Å². The van der Waals surface area contributed by atoms with Crippen LogP contribution in [0.25, 0.3) is 0 Å². The van der Waals surface area contributed by atoms with Crippen molar-refractivity contribution in [1.82, 2.24) is 5.32 Å². The zero-order valence-electron chi connectivity index (χ0n) is 11.6. The van der Waals surface area contributed by atoms with Crippen LogP contribution in [-0.4, -0.2) is 19.0 Å². The predicted octanol–water partition coefficient (Wildman–Crippen LogP) is 3.71. The first-order valence-electron chi connectivity index (χ1n) is 6.58. The Morgan fingerprint density at radius 2 is 1.91 bits per heavy atom. The Labute approximate surface area is 138 Å². The van der Waals surface area contributed by atoms with Crippen molar-refractivity contribution in [3.8, 4) is 6.07 Å². The predicted molar refractivity (Wildman–Crippen MR) is 88.4 cm³/mol. The minimum atomic E-state index is -0.232. The van der Waals surface area contributed by atoms with Gasteiger partial charge in [0.15, 0.2) is 0 Å². The average molecular weight is 334 g/mol. The lowest BCUT2D eigenvalue weighted by Crippen LogP contribution is -2.29. The lowest BCUT2D eigenvalue weighted by molar-refractivity contribution is 0.0955. The van der Waals surface area contributed by atoms with Gasteiger partial charge in [-0.25, -0.2) is 0 Å². The summed E-state index contributed by atoms with van der Waals surface area (Å²) in [5, 5.41) is 15.8. The lowest BCUT2D eigenvalue weighted by Gasteiger charge is -2.10. The van der Waals surface area contributed by atoms with Gasteiger partial charge >= 0.3 is 0 Å². The van der Waals surface area contributed by atoms with Gasteiger partial charge in [-0.15, -0.1) is 0 Å². The monoisotopic (exact) mass is 333 g/mol.